The molecule has 0 aromatic heterocycles. The van der Waals surface area contributed by atoms with Crippen molar-refractivity contribution >= 4 is 27.5 Å². The molecule has 0 bridgehead atoms. The molecule has 1 atom stereocenters. The largest absolute Gasteiger partial charge is 0.480 e. The van der Waals surface area contributed by atoms with E-state index in [1.807, 2.05) is 0 Å². The Balaban J connectivity index is 2.31. The quantitative estimate of drug-likeness (QED) is 0.165. The normalized spacial score (nSPS) is 13.0. The van der Waals surface area contributed by atoms with Crippen molar-refractivity contribution in [2.75, 3.05) is 13.0 Å². The predicted molar refractivity (Wildman–Crippen MR) is 101 cm³/mol. The molecule has 0 N–H and O–H groups in total. The Morgan fingerprint density at radius 2 is 1.81 bits per heavy atom. The van der Waals surface area contributed by atoms with Gasteiger partial charge in [0.25, 0.3) is 0 Å². The summed E-state index contributed by atoms with van der Waals surface area (Å²) in [6.07, 6.45) is 0.608. The number of halogens is 1. The van der Waals surface area contributed by atoms with E-state index < -0.39 is 20.5 Å². The number of hydrogen-bond acceptors (Lipinski definition) is 6. The molecule has 0 aliphatic heterocycles. The third kappa shape index (κ3) is 5.66. The summed E-state index contributed by atoms with van der Waals surface area (Å²) in [4.78, 5) is 10.2. The summed E-state index contributed by atoms with van der Waals surface area (Å²) >= 11 is 5.65. The first-order chi connectivity index (χ1) is 12.9. The lowest BCUT2D eigenvalue weighted by molar-refractivity contribution is -0.534. The molecule has 0 fully saturated rings. The summed E-state index contributed by atoms with van der Waals surface area (Å²) in [5.74, 6) is 0.163. The van der Waals surface area contributed by atoms with Gasteiger partial charge in [0.05, 0.1) is 12.0 Å². The Kier molecular flexibility index (Phi) is 7.14. The predicted octanol–water partition coefficient (Wildman–Crippen LogP) is 2.83. The number of benzene rings is 2. The van der Waals surface area contributed by atoms with E-state index in [2.05, 4.69) is 4.40 Å². The van der Waals surface area contributed by atoms with E-state index in [-0.39, 0.29) is 11.6 Å². The molecule has 0 saturated heterocycles. The molecule has 10 heteroatoms. The van der Waals surface area contributed by atoms with Crippen molar-refractivity contribution in [2.45, 2.75) is 12.0 Å². The van der Waals surface area contributed by atoms with E-state index >= 15 is 0 Å². The highest BCUT2D eigenvalue weighted by Crippen LogP contribution is 2.18. The number of alkyl halides is 1. The number of hydrogen-bond donors (Lipinski definition) is 0. The first kappa shape index (κ1) is 20.7. The Morgan fingerprint density at radius 3 is 2.33 bits per heavy atom. The summed E-state index contributed by atoms with van der Waals surface area (Å²) in [6, 6.07) is 14.3. The molecule has 0 aliphatic carbocycles. The third-order valence-corrected chi connectivity index (χ3v) is 4.78. The lowest BCUT2D eigenvalue weighted by Crippen LogP contribution is -2.34. The summed E-state index contributed by atoms with van der Waals surface area (Å²) in [6.45, 7) is 0. The second-order valence-electron chi connectivity index (χ2n) is 5.27. The molecule has 2 aromatic carbocycles. The molecule has 1 unspecified atom stereocenters. The van der Waals surface area contributed by atoms with Gasteiger partial charge in [-0.1, -0.05) is 30.3 Å². The Labute approximate surface area is 161 Å². The van der Waals surface area contributed by atoms with Gasteiger partial charge in [-0.15, -0.1) is 16.0 Å². The minimum absolute atomic E-state index is 0.0208. The maximum Gasteiger partial charge on any atom is 0.476 e. The molecule has 0 radical (unpaired) electrons. The van der Waals surface area contributed by atoms with Crippen molar-refractivity contribution in [3.63, 3.8) is 0 Å². The molecule has 8 nitrogen and oxygen atoms in total. The maximum atomic E-state index is 12.4. The van der Waals surface area contributed by atoms with Crippen molar-refractivity contribution in [1.29, 1.82) is 0 Å². The summed E-state index contributed by atoms with van der Waals surface area (Å²) in [5, 5.41) is 11.3. The second kappa shape index (κ2) is 9.33. The first-order valence-corrected chi connectivity index (χ1v) is 9.79. The van der Waals surface area contributed by atoms with Gasteiger partial charge in [-0.2, -0.15) is 8.42 Å². The number of aryl methyl sites for hydroxylation is 1. The summed E-state index contributed by atoms with van der Waals surface area (Å²) < 4.78 is 38.4. The number of nitro groups is 1. The van der Waals surface area contributed by atoms with Crippen LogP contribution in [0.5, 0.6) is 5.75 Å². The lowest BCUT2D eigenvalue weighted by atomic mass is 10.2. The zero-order valence-corrected chi connectivity index (χ0v) is 15.9. The van der Waals surface area contributed by atoms with Crippen LogP contribution in [0.3, 0.4) is 0 Å². The molecule has 2 rings (SSSR count). The minimum atomic E-state index is -4.68. The van der Waals surface area contributed by atoms with Gasteiger partial charge in [-0.3, -0.25) is 10.1 Å². The van der Waals surface area contributed by atoms with Crippen LogP contribution < -0.4 is 4.74 Å². The van der Waals surface area contributed by atoms with Gasteiger partial charge in [0.2, 0.25) is 5.90 Å². The van der Waals surface area contributed by atoms with Crippen molar-refractivity contribution < 1.29 is 22.8 Å². The van der Waals surface area contributed by atoms with Gasteiger partial charge in [-0.25, -0.2) is 0 Å². The molecule has 2 aromatic rings. The highest BCUT2D eigenvalue weighted by atomic mass is 35.5. The topological polar surface area (TPSA) is 108 Å². The second-order valence-corrected chi connectivity index (χ2v) is 7.27. The van der Waals surface area contributed by atoms with E-state index in [4.69, 9.17) is 21.1 Å². The third-order valence-electron chi connectivity index (χ3n) is 3.39. The highest BCUT2D eigenvalue weighted by molar-refractivity contribution is 7.90. The average molecular weight is 413 g/mol. The monoisotopic (exact) mass is 412 g/mol. The molecule has 0 spiro atoms. The Bertz CT molecular complexity index is 901. The van der Waals surface area contributed by atoms with Gasteiger partial charge in [0.15, 0.2) is 0 Å². The van der Waals surface area contributed by atoms with Crippen LogP contribution in [0.15, 0.2) is 59.0 Å². The highest BCUT2D eigenvalue weighted by Gasteiger charge is 2.39. The van der Waals surface area contributed by atoms with Gasteiger partial charge >= 0.3 is 15.6 Å². The van der Waals surface area contributed by atoms with Crippen LogP contribution in [0.2, 0.25) is 0 Å². The summed E-state index contributed by atoms with van der Waals surface area (Å²) in [5.41, 5.74) is -1.16. The van der Waals surface area contributed by atoms with E-state index in [0.29, 0.717) is 17.9 Å². The van der Waals surface area contributed by atoms with Gasteiger partial charge in [0.1, 0.15) is 5.75 Å². The summed E-state index contributed by atoms with van der Waals surface area (Å²) in [7, 11) is -3.46. The van der Waals surface area contributed by atoms with Crippen LogP contribution in [0.4, 0.5) is 0 Å². The zero-order chi connectivity index (χ0) is 19.9. The molecular formula is C17H17ClN2O6S. The molecule has 0 amide bonds. The molecule has 0 saturated carbocycles. The fraction of sp³-hybridized carbons (Fsp3) is 0.235. The van der Waals surface area contributed by atoms with Crippen LogP contribution in [-0.4, -0.2) is 37.8 Å². The molecule has 144 valence electrons. The lowest BCUT2D eigenvalue weighted by Gasteiger charge is -2.11. The van der Waals surface area contributed by atoms with Crippen molar-refractivity contribution in [2.24, 2.45) is 4.40 Å². The Morgan fingerprint density at radius 1 is 1.19 bits per heavy atom. The smallest absolute Gasteiger partial charge is 0.476 e. The average Bonchev–Trinajstić information content (AvgIpc) is 2.66. The van der Waals surface area contributed by atoms with Crippen molar-refractivity contribution in [3.05, 3.63) is 75.8 Å². The van der Waals surface area contributed by atoms with E-state index in [1.165, 1.54) is 19.2 Å². The van der Waals surface area contributed by atoms with Crippen LogP contribution in [0.1, 0.15) is 11.1 Å². The number of sulfonamides is 1. The van der Waals surface area contributed by atoms with Crippen LogP contribution in [0.25, 0.3) is 0 Å². The standard InChI is InChI=1S/C17H17ClN2O6S/c1-25-16(14-5-3-2-4-6-14)19-27(23,24)17(20(21)22)26-15-9-7-13(8-10-15)11-12-18/h2-10,17H,11-12H2,1H3/b19-16-. The SMILES string of the molecule is CO/C(=N\S(=O)(=O)C(Oc1ccc(CCCl)cc1)[N+](=O)[O-])c1ccccc1. The van der Waals surface area contributed by atoms with Gasteiger partial charge < -0.3 is 9.47 Å². The molecule has 0 aliphatic rings. The van der Waals surface area contributed by atoms with Crippen LogP contribution >= 0.6 is 11.6 Å². The van der Waals surface area contributed by atoms with Crippen LogP contribution in [-0.2, 0) is 21.2 Å². The van der Waals surface area contributed by atoms with E-state index in [1.54, 1.807) is 42.5 Å². The first-order valence-electron chi connectivity index (χ1n) is 7.75. The zero-order valence-electron chi connectivity index (χ0n) is 14.3. The maximum absolute atomic E-state index is 12.4. The Hall–Kier alpha value is -2.65. The van der Waals surface area contributed by atoms with Crippen molar-refractivity contribution in [3.8, 4) is 5.75 Å². The number of methoxy groups -OCH3 is 1. The fourth-order valence-electron chi connectivity index (χ4n) is 2.12. The number of nitrogens with zero attached hydrogens (tertiary/aromatic N) is 2. The number of ether oxygens (including phenoxy) is 2. The molecule has 0 heterocycles. The van der Waals surface area contributed by atoms with E-state index in [0.717, 1.165) is 5.56 Å². The van der Waals surface area contributed by atoms with Gasteiger partial charge in [0, 0.05) is 11.4 Å². The fourth-order valence-corrected chi connectivity index (χ4v) is 3.29. The molecular weight excluding hydrogens is 396 g/mol. The van der Waals surface area contributed by atoms with Crippen molar-refractivity contribution in [1.82, 2.24) is 0 Å². The van der Waals surface area contributed by atoms with Gasteiger partial charge in [-0.05, 0) is 36.2 Å². The van der Waals surface area contributed by atoms with Crippen LogP contribution in [0, 0.1) is 10.1 Å². The minimum Gasteiger partial charge on any atom is -0.480 e. The van der Waals surface area contributed by atoms with E-state index in [9.17, 15) is 18.5 Å². The molecule has 27 heavy (non-hydrogen) atoms. The number of rotatable bonds is 8.